The van der Waals surface area contributed by atoms with Crippen LogP contribution >= 0.6 is 0 Å². The van der Waals surface area contributed by atoms with Gasteiger partial charge in [-0.3, -0.25) is 0 Å². The van der Waals surface area contributed by atoms with E-state index in [1.54, 1.807) is 0 Å². The Hall–Kier alpha value is -0.0800. The second-order valence-corrected chi connectivity index (χ2v) is 4.56. The monoisotopic (exact) mass is 201 g/mol. The smallest absolute Gasteiger partial charge is 0.0652 e. The molecule has 0 radical (unpaired) electrons. The quantitative estimate of drug-likeness (QED) is 0.598. The van der Waals surface area contributed by atoms with E-state index in [4.69, 9.17) is 4.74 Å². The predicted octanol–water partition coefficient (Wildman–Crippen LogP) is 2.92. The lowest BCUT2D eigenvalue weighted by Gasteiger charge is -2.29. The van der Waals surface area contributed by atoms with Crippen LogP contribution < -0.4 is 0 Å². The summed E-state index contributed by atoms with van der Waals surface area (Å²) in [5.41, 5.74) is 0.103. The highest BCUT2D eigenvalue weighted by molar-refractivity contribution is 4.73. The normalized spacial score (nSPS) is 15.9. The summed E-state index contributed by atoms with van der Waals surface area (Å²) in [6, 6.07) is 0. The molecule has 2 heteroatoms. The average Bonchev–Trinajstić information content (AvgIpc) is 2.14. The molecule has 0 fully saturated rings. The summed E-state index contributed by atoms with van der Waals surface area (Å²) in [4.78, 5) is 2.16. The van der Waals surface area contributed by atoms with Crippen LogP contribution in [0.5, 0.6) is 0 Å². The maximum absolute atomic E-state index is 5.95. The molecule has 1 unspecified atom stereocenters. The lowest BCUT2D eigenvalue weighted by atomic mass is 9.96. The molecule has 0 heterocycles. The van der Waals surface area contributed by atoms with Crippen molar-refractivity contribution in [3.05, 3.63) is 0 Å². The summed E-state index contributed by atoms with van der Waals surface area (Å²) in [6.45, 7) is 8.54. The summed E-state index contributed by atoms with van der Waals surface area (Å²) in [5.74, 6) is 0. The molecule has 86 valence electrons. The first-order valence-electron chi connectivity index (χ1n) is 5.82. The lowest BCUT2D eigenvalue weighted by molar-refractivity contribution is -0.0458. The molecular weight excluding hydrogens is 174 g/mol. The van der Waals surface area contributed by atoms with E-state index in [2.05, 4.69) is 39.8 Å². The molecule has 0 spiro atoms. The molecule has 0 aromatic heterocycles. The standard InChI is InChI=1S/C12H27NO/c1-6-8-9-12(3,7-2)14-11-10-13(4)5/h6-11H2,1-5H3. The van der Waals surface area contributed by atoms with E-state index >= 15 is 0 Å². The van der Waals surface area contributed by atoms with Crippen molar-refractivity contribution in [1.29, 1.82) is 0 Å². The van der Waals surface area contributed by atoms with Crippen LogP contribution in [0, 0.1) is 0 Å². The number of unbranched alkanes of at least 4 members (excludes halogenated alkanes) is 1. The van der Waals surface area contributed by atoms with Crippen molar-refractivity contribution >= 4 is 0 Å². The van der Waals surface area contributed by atoms with Gasteiger partial charge in [-0.25, -0.2) is 0 Å². The molecule has 0 bridgehead atoms. The zero-order valence-electron chi connectivity index (χ0n) is 10.6. The molecule has 0 amide bonds. The predicted molar refractivity (Wildman–Crippen MR) is 62.7 cm³/mol. The molecule has 0 aromatic carbocycles. The van der Waals surface area contributed by atoms with Crippen molar-refractivity contribution in [3.63, 3.8) is 0 Å². The van der Waals surface area contributed by atoms with Crippen molar-refractivity contribution in [3.8, 4) is 0 Å². The van der Waals surface area contributed by atoms with Crippen LogP contribution in [0.4, 0.5) is 0 Å². The van der Waals surface area contributed by atoms with Gasteiger partial charge in [-0.2, -0.15) is 0 Å². The Morgan fingerprint density at radius 3 is 2.29 bits per heavy atom. The molecule has 1 atom stereocenters. The maximum atomic E-state index is 5.95. The van der Waals surface area contributed by atoms with Crippen LogP contribution in [0.3, 0.4) is 0 Å². The van der Waals surface area contributed by atoms with Crippen LogP contribution in [-0.4, -0.2) is 37.7 Å². The maximum Gasteiger partial charge on any atom is 0.0652 e. The van der Waals surface area contributed by atoms with Gasteiger partial charge in [0.15, 0.2) is 0 Å². The SMILES string of the molecule is CCCCC(C)(CC)OCCN(C)C. The minimum atomic E-state index is 0.103. The zero-order valence-corrected chi connectivity index (χ0v) is 10.6. The van der Waals surface area contributed by atoms with Gasteiger partial charge < -0.3 is 9.64 Å². The van der Waals surface area contributed by atoms with E-state index in [-0.39, 0.29) is 5.60 Å². The van der Waals surface area contributed by atoms with Crippen molar-refractivity contribution in [2.45, 2.75) is 52.1 Å². The number of likely N-dealkylation sites (N-methyl/N-ethyl adjacent to an activating group) is 1. The third kappa shape index (κ3) is 6.39. The minimum absolute atomic E-state index is 0.103. The van der Waals surface area contributed by atoms with Gasteiger partial charge in [-0.05, 0) is 33.9 Å². The Bertz CT molecular complexity index is 136. The van der Waals surface area contributed by atoms with Gasteiger partial charge in [-0.15, -0.1) is 0 Å². The van der Waals surface area contributed by atoms with Crippen LogP contribution in [0.1, 0.15) is 46.5 Å². The average molecular weight is 201 g/mol. The van der Waals surface area contributed by atoms with E-state index in [0.717, 1.165) is 19.6 Å². The van der Waals surface area contributed by atoms with Crippen LogP contribution in [0.2, 0.25) is 0 Å². The van der Waals surface area contributed by atoms with E-state index < -0.39 is 0 Å². The second kappa shape index (κ2) is 7.24. The van der Waals surface area contributed by atoms with Crippen molar-refractivity contribution < 1.29 is 4.74 Å². The molecule has 2 nitrogen and oxygen atoms in total. The van der Waals surface area contributed by atoms with Gasteiger partial charge in [0.2, 0.25) is 0 Å². The lowest BCUT2D eigenvalue weighted by Crippen LogP contribution is -2.31. The Labute approximate surface area is 89.6 Å². The Morgan fingerprint density at radius 1 is 1.21 bits per heavy atom. The van der Waals surface area contributed by atoms with Crippen LogP contribution in [-0.2, 0) is 4.74 Å². The molecule has 0 saturated carbocycles. The molecular formula is C12H27NO. The summed E-state index contributed by atoms with van der Waals surface area (Å²) in [5, 5.41) is 0. The first kappa shape index (κ1) is 13.9. The highest BCUT2D eigenvalue weighted by Crippen LogP contribution is 2.22. The van der Waals surface area contributed by atoms with Crippen molar-refractivity contribution in [2.24, 2.45) is 0 Å². The van der Waals surface area contributed by atoms with Crippen molar-refractivity contribution in [1.82, 2.24) is 4.90 Å². The second-order valence-electron chi connectivity index (χ2n) is 4.56. The van der Waals surface area contributed by atoms with Gasteiger partial charge >= 0.3 is 0 Å². The third-order valence-corrected chi connectivity index (χ3v) is 2.80. The molecule has 0 rings (SSSR count). The third-order valence-electron chi connectivity index (χ3n) is 2.80. The fourth-order valence-electron chi connectivity index (χ4n) is 1.38. The van der Waals surface area contributed by atoms with E-state index in [1.165, 1.54) is 19.3 Å². The number of hydrogen-bond acceptors (Lipinski definition) is 2. The number of hydrogen-bond donors (Lipinski definition) is 0. The first-order chi connectivity index (χ1) is 6.54. The summed E-state index contributed by atoms with van der Waals surface area (Å²) < 4.78 is 5.95. The van der Waals surface area contributed by atoms with Gasteiger partial charge in [-0.1, -0.05) is 26.7 Å². The Morgan fingerprint density at radius 2 is 1.86 bits per heavy atom. The van der Waals surface area contributed by atoms with Crippen molar-refractivity contribution in [2.75, 3.05) is 27.2 Å². The molecule has 0 aromatic rings. The van der Waals surface area contributed by atoms with E-state index in [0.29, 0.717) is 0 Å². The molecule has 0 saturated heterocycles. The fraction of sp³-hybridized carbons (Fsp3) is 1.00. The molecule has 0 aliphatic carbocycles. The summed E-state index contributed by atoms with van der Waals surface area (Å²) in [7, 11) is 4.16. The topological polar surface area (TPSA) is 12.5 Å². The zero-order chi connectivity index (χ0) is 11.0. The van der Waals surface area contributed by atoms with Gasteiger partial charge in [0, 0.05) is 6.54 Å². The molecule has 0 N–H and O–H groups in total. The van der Waals surface area contributed by atoms with Gasteiger partial charge in [0.05, 0.1) is 12.2 Å². The van der Waals surface area contributed by atoms with Crippen LogP contribution in [0.15, 0.2) is 0 Å². The van der Waals surface area contributed by atoms with Gasteiger partial charge in [0.25, 0.3) is 0 Å². The van der Waals surface area contributed by atoms with Crippen LogP contribution in [0.25, 0.3) is 0 Å². The van der Waals surface area contributed by atoms with E-state index in [9.17, 15) is 0 Å². The highest BCUT2D eigenvalue weighted by atomic mass is 16.5. The Balaban J connectivity index is 3.74. The molecule has 14 heavy (non-hydrogen) atoms. The Kier molecular flexibility index (Phi) is 7.20. The highest BCUT2D eigenvalue weighted by Gasteiger charge is 2.21. The van der Waals surface area contributed by atoms with E-state index in [1.807, 2.05) is 0 Å². The first-order valence-corrected chi connectivity index (χ1v) is 5.82. The molecule has 0 aliphatic rings. The summed E-state index contributed by atoms with van der Waals surface area (Å²) >= 11 is 0. The summed E-state index contributed by atoms with van der Waals surface area (Å²) in [6.07, 6.45) is 4.83. The fourth-order valence-corrected chi connectivity index (χ4v) is 1.38. The van der Waals surface area contributed by atoms with Gasteiger partial charge in [0.1, 0.15) is 0 Å². The number of ether oxygens (including phenoxy) is 1. The number of rotatable bonds is 8. The molecule has 0 aliphatic heterocycles. The number of nitrogens with zero attached hydrogens (tertiary/aromatic N) is 1. The minimum Gasteiger partial charge on any atom is -0.374 e. The largest absolute Gasteiger partial charge is 0.374 e.